The monoisotopic (exact) mass is 258 g/mol. The van der Waals surface area contributed by atoms with Gasteiger partial charge >= 0.3 is 0 Å². The van der Waals surface area contributed by atoms with Gasteiger partial charge in [0.2, 0.25) is 0 Å². The number of aliphatic hydroxyl groups is 2. The van der Waals surface area contributed by atoms with Crippen molar-refractivity contribution >= 4 is 11.9 Å². The number of hydrogen-bond acceptors (Lipinski definition) is 4. The van der Waals surface area contributed by atoms with Crippen molar-refractivity contribution < 1.29 is 30.0 Å². The minimum atomic E-state index is -0.833. The molecule has 0 heterocycles. The topological polar surface area (TPSA) is 115 Å². The minimum Gasteiger partial charge on any atom is -0.481 e. The number of carboxylic acid groups (broad SMARTS) is 2. The Hall–Kier alpha value is -1.92. The molecule has 102 valence electrons. The van der Waals surface area contributed by atoms with Crippen molar-refractivity contribution in [3.05, 3.63) is 35.4 Å². The fraction of sp³-hybridized carbons (Fsp3) is 0.333. The summed E-state index contributed by atoms with van der Waals surface area (Å²) in [7, 11) is 0. The summed E-state index contributed by atoms with van der Waals surface area (Å²) in [4.78, 5) is 18.0. The highest BCUT2D eigenvalue weighted by Gasteiger charge is 1.89. The molecule has 0 aliphatic carbocycles. The second-order valence-electron chi connectivity index (χ2n) is 3.17. The molecule has 0 amide bonds. The maximum absolute atomic E-state index is 9.00. The summed E-state index contributed by atoms with van der Waals surface area (Å²) in [5.41, 5.74) is 1.74. The molecule has 0 unspecified atom stereocenters. The van der Waals surface area contributed by atoms with Crippen LogP contribution in [0.4, 0.5) is 0 Å². The molecule has 0 saturated carbocycles. The van der Waals surface area contributed by atoms with Crippen LogP contribution in [0.3, 0.4) is 0 Å². The standard InChI is InChI=1S/C8H10O2.2C2H4O2/c9-5-7-1-2-8(6-10)4-3-7;2*1-2(3)4/h1-4,9-10H,5-6H2;2*1H3,(H,3,4). The van der Waals surface area contributed by atoms with Crippen molar-refractivity contribution in [1.29, 1.82) is 0 Å². The van der Waals surface area contributed by atoms with Gasteiger partial charge in [-0.3, -0.25) is 9.59 Å². The molecule has 18 heavy (non-hydrogen) atoms. The van der Waals surface area contributed by atoms with Gasteiger partial charge in [-0.05, 0) is 11.1 Å². The van der Waals surface area contributed by atoms with E-state index in [2.05, 4.69) is 0 Å². The van der Waals surface area contributed by atoms with E-state index in [1.54, 1.807) is 24.3 Å². The fourth-order valence-electron chi connectivity index (χ4n) is 0.750. The van der Waals surface area contributed by atoms with Gasteiger partial charge in [0.25, 0.3) is 11.9 Å². The molecule has 0 bridgehead atoms. The van der Waals surface area contributed by atoms with E-state index in [0.717, 1.165) is 25.0 Å². The largest absolute Gasteiger partial charge is 0.481 e. The molecule has 0 atom stereocenters. The van der Waals surface area contributed by atoms with Crippen molar-refractivity contribution in [3.63, 3.8) is 0 Å². The van der Waals surface area contributed by atoms with Gasteiger partial charge in [0, 0.05) is 13.8 Å². The van der Waals surface area contributed by atoms with Crippen LogP contribution in [-0.4, -0.2) is 32.4 Å². The molecule has 0 aliphatic rings. The summed E-state index contributed by atoms with van der Waals surface area (Å²) in [5.74, 6) is -1.67. The SMILES string of the molecule is CC(=O)O.CC(=O)O.OCc1ccc(CO)cc1. The lowest BCUT2D eigenvalue weighted by Crippen LogP contribution is -1.85. The maximum Gasteiger partial charge on any atom is 0.300 e. The van der Waals surface area contributed by atoms with Crippen LogP contribution in [0, 0.1) is 0 Å². The second kappa shape index (κ2) is 11.6. The van der Waals surface area contributed by atoms with E-state index in [1.165, 1.54) is 0 Å². The Balaban J connectivity index is 0. The van der Waals surface area contributed by atoms with Crippen LogP contribution in [-0.2, 0) is 22.8 Å². The third-order valence-electron chi connectivity index (χ3n) is 1.39. The number of benzene rings is 1. The number of aliphatic carboxylic acids is 2. The average molecular weight is 258 g/mol. The molecule has 0 spiro atoms. The third-order valence-corrected chi connectivity index (χ3v) is 1.39. The lowest BCUT2D eigenvalue weighted by Gasteiger charge is -1.96. The van der Waals surface area contributed by atoms with Gasteiger partial charge in [-0.1, -0.05) is 24.3 Å². The number of hydrogen-bond donors (Lipinski definition) is 4. The highest BCUT2D eigenvalue weighted by Crippen LogP contribution is 2.03. The molecule has 1 aromatic carbocycles. The molecular formula is C12H18O6. The molecule has 0 aliphatic heterocycles. The van der Waals surface area contributed by atoms with Crippen LogP contribution in [0.1, 0.15) is 25.0 Å². The third kappa shape index (κ3) is 16.5. The van der Waals surface area contributed by atoms with Crippen molar-refractivity contribution in [2.24, 2.45) is 0 Å². The summed E-state index contributed by atoms with van der Waals surface area (Å²) >= 11 is 0. The van der Waals surface area contributed by atoms with Crippen LogP contribution in [0.2, 0.25) is 0 Å². The van der Waals surface area contributed by atoms with E-state index < -0.39 is 11.9 Å². The van der Waals surface area contributed by atoms with Crippen LogP contribution < -0.4 is 0 Å². The normalized spacial score (nSPS) is 8.22. The molecule has 6 nitrogen and oxygen atoms in total. The number of rotatable bonds is 2. The van der Waals surface area contributed by atoms with E-state index >= 15 is 0 Å². The van der Waals surface area contributed by atoms with Gasteiger partial charge in [-0.25, -0.2) is 0 Å². The summed E-state index contributed by atoms with van der Waals surface area (Å²) in [6.07, 6.45) is 0. The molecular weight excluding hydrogens is 240 g/mol. The summed E-state index contributed by atoms with van der Waals surface area (Å²) in [5, 5.41) is 32.1. The first-order valence-corrected chi connectivity index (χ1v) is 5.02. The zero-order valence-corrected chi connectivity index (χ0v) is 10.3. The van der Waals surface area contributed by atoms with Crippen LogP contribution in [0.5, 0.6) is 0 Å². The lowest BCUT2D eigenvalue weighted by molar-refractivity contribution is -0.135. The highest BCUT2D eigenvalue weighted by molar-refractivity contribution is 5.63. The average Bonchev–Trinajstić information content (AvgIpc) is 2.28. The predicted molar refractivity (Wildman–Crippen MR) is 64.9 cm³/mol. The lowest BCUT2D eigenvalue weighted by atomic mass is 10.1. The second-order valence-corrected chi connectivity index (χ2v) is 3.17. The zero-order chi connectivity index (χ0) is 14.6. The predicted octanol–water partition coefficient (Wildman–Crippen LogP) is 0.853. The molecule has 0 saturated heterocycles. The van der Waals surface area contributed by atoms with Crippen molar-refractivity contribution in [3.8, 4) is 0 Å². The molecule has 1 rings (SSSR count). The Labute approximate surface area is 105 Å². The Morgan fingerprint density at radius 1 is 0.833 bits per heavy atom. The summed E-state index contributed by atoms with van der Waals surface area (Å²) < 4.78 is 0. The van der Waals surface area contributed by atoms with Gasteiger partial charge in [0.1, 0.15) is 0 Å². The minimum absolute atomic E-state index is 0.0612. The van der Waals surface area contributed by atoms with Gasteiger partial charge in [-0.15, -0.1) is 0 Å². The van der Waals surface area contributed by atoms with E-state index in [1.807, 2.05) is 0 Å². The fourth-order valence-corrected chi connectivity index (χ4v) is 0.750. The van der Waals surface area contributed by atoms with E-state index in [0.29, 0.717) is 0 Å². The first-order chi connectivity index (χ1) is 8.33. The Kier molecular flexibility index (Phi) is 11.8. The van der Waals surface area contributed by atoms with Crippen molar-refractivity contribution in [2.45, 2.75) is 27.1 Å². The molecule has 0 fully saturated rings. The Morgan fingerprint density at radius 2 is 1.00 bits per heavy atom. The highest BCUT2D eigenvalue weighted by atomic mass is 16.4. The number of carboxylic acids is 2. The van der Waals surface area contributed by atoms with Crippen LogP contribution in [0.25, 0.3) is 0 Å². The molecule has 0 aromatic heterocycles. The van der Waals surface area contributed by atoms with E-state index in [4.69, 9.17) is 30.0 Å². The number of carbonyl (C=O) groups is 2. The van der Waals surface area contributed by atoms with Crippen LogP contribution >= 0.6 is 0 Å². The van der Waals surface area contributed by atoms with Gasteiger partial charge in [-0.2, -0.15) is 0 Å². The quantitative estimate of drug-likeness (QED) is 0.625. The van der Waals surface area contributed by atoms with E-state index in [-0.39, 0.29) is 13.2 Å². The molecule has 0 radical (unpaired) electrons. The first kappa shape index (κ1) is 18.4. The van der Waals surface area contributed by atoms with Gasteiger partial charge < -0.3 is 20.4 Å². The van der Waals surface area contributed by atoms with Gasteiger partial charge in [0.15, 0.2) is 0 Å². The Morgan fingerprint density at radius 3 is 1.11 bits per heavy atom. The maximum atomic E-state index is 9.00. The summed E-state index contributed by atoms with van der Waals surface area (Å²) in [6.45, 7) is 2.29. The van der Waals surface area contributed by atoms with Crippen molar-refractivity contribution in [1.82, 2.24) is 0 Å². The van der Waals surface area contributed by atoms with Crippen molar-refractivity contribution in [2.75, 3.05) is 0 Å². The first-order valence-electron chi connectivity index (χ1n) is 5.02. The summed E-state index contributed by atoms with van der Waals surface area (Å²) in [6, 6.07) is 7.19. The number of aliphatic hydroxyl groups excluding tert-OH is 2. The zero-order valence-electron chi connectivity index (χ0n) is 10.3. The molecule has 4 N–H and O–H groups in total. The van der Waals surface area contributed by atoms with E-state index in [9.17, 15) is 0 Å². The van der Waals surface area contributed by atoms with Gasteiger partial charge in [0.05, 0.1) is 13.2 Å². The van der Waals surface area contributed by atoms with Crippen LogP contribution in [0.15, 0.2) is 24.3 Å². The smallest absolute Gasteiger partial charge is 0.300 e. The Bertz CT molecular complexity index is 301. The molecule has 1 aromatic rings. The molecule has 6 heteroatoms.